The molecule has 13 nitrogen and oxygen atoms in total. The Balaban J connectivity index is 1.41. The molecule has 1 saturated heterocycles. The van der Waals surface area contributed by atoms with Crippen LogP contribution in [0.4, 0.5) is 0 Å². The van der Waals surface area contributed by atoms with Crippen molar-refractivity contribution in [1.29, 1.82) is 0 Å². The van der Waals surface area contributed by atoms with E-state index in [1.54, 1.807) is 120 Å². The van der Waals surface area contributed by atoms with Crippen LogP contribution in [0.2, 0.25) is 0 Å². The van der Waals surface area contributed by atoms with Crippen LogP contribution in [0.3, 0.4) is 0 Å². The lowest BCUT2D eigenvalue weighted by atomic mass is 9.43. The third-order valence-electron chi connectivity index (χ3n) is 14.5. The number of benzene rings is 3. The van der Waals surface area contributed by atoms with Crippen LogP contribution in [0.25, 0.3) is 0 Å². The number of nitrogens with one attached hydrogen (secondary N) is 1. The number of fused-ring (bicyclic) bond motifs is 5. The quantitative estimate of drug-likeness (QED) is 0.0730. The van der Waals surface area contributed by atoms with Crippen molar-refractivity contribution in [2.75, 3.05) is 18.8 Å². The van der Waals surface area contributed by atoms with E-state index in [-0.39, 0.29) is 43.2 Å². The van der Waals surface area contributed by atoms with E-state index in [0.29, 0.717) is 22.3 Å². The first kappa shape index (κ1) is 47.8. The molecule has 1 heterocycles. The Morgan fingerprint density at radius 1 is 0.892 bits per heavy atom. The molecule has 3 aromatic rings. The number of aliphatic hydroxyl groups is 1. The highest BCUT2D eigenvalue weighted by atomic mass is 32.2. The molecule has 2 N–H and O–H groups in total. The van der Waals surface area contributed by atoms with E-state index in [1.807, 2.05) is 12.3 Å². The lowest BCUT2D eigenvalue weighted by Crippen LogP contribution is -2.81. The van der Waals surface area contributed by atoms with Crippen LogP contribution in [-0.2, 0) is 42.9 Å². The summed E-state index contributed by atoms with van der Waals surface area (Å²) in [4.78, 5) is 85.6. The minimum atomic E-state index is -2.18. The van der Waals surface area contributed by atoms with Crippen LogP contribution < -0.4 is 5.32 Å². The second kappa shape index (κ2) is 18.6. The SMILES string of the molecule is CSCO[C@H]1C[C@H]2OC[C@@]2(OC(C)=O)[C@H]2[C@H](OC(=O)c3ccccc3)[C@]3(O)C[C@H](OC(=O)[C@H](C)[C@@H](NC(=O)c4ccccc4)c4ccccc4)C(C)=C([C@@H](CC(C)=O)C(=O)[C@]12C)C3(C)C. The van der Waals surface area contributed by atoms with Crippen molar-refractivity contribution in [3.8, 4) is 0 Å². The van der Waals surface area contributed by atoms with Gasteiger partial charge in [-0.3, -0.25) is 24.0 Å². The van der Waals surface area contributed by atoms with Gasteiger partial charge in [0.25, 0.3) is 5.91 Å². The fraction of sp³-hybridized carbons (Fsp3) is 0.490. The molecule has 0 unspecified atom stereocenters. The summed E-state index contributed by atoms with van der Waals surface area (Å²) < 4.78 is 32.1. The molecule has 3 fully saturated rings. The fourth-order valence-corrected chi connectivity index (χ4v) is 11.5. The molecular weight excluding hydrogens is 851 g/mol. The Kier molecular flexibility index (Phi) is 13.7. The zero-order valence-corrected chi connectivity index (χ0v) is 39.0. The molecule has 0 radical (unpaired) electrons. The van der Waals surface area contributed by atoms with E-state index < -0.39 is 99.8 Å². The van der Waals surface area contributed by atoms with E-state index in [2.05, 4.69) is 5.32 Å². The van der Waals surface area contributed by atoms with E-state index in [9.17, 15) is 29.1 Å². The normalized spacial score (nSPS) is 31.0. The van der Waals surface area contributed by atoms with Crippen LogP contribution in [0.1, 0.15) is 100 Å². The summed E-state index contributed by atoms with van der Waals surface area (Å²) in [6.07, 6.45) is -3.22. The highest BCUT2D eigenvalue weighted by Crippen LogP contribution is 2.66. The smallest absolute Gasteiger partial charge is 0.338 e. The van der Waals surface area contributed by atoms with Gasteiger partial charge in [-0.1, -0.05) is 80.6 Å². The Labute approximate surface area is 384 Å². The number of ether oxygens (including phenoxy) is 5. The number of ketones is 2. The van der Waals surface area contributed by atoms with E-state index >= 15 is 4.79 Å². The Morgan fingerprint density at radius 3 is 2.05 bits per heavy atom. The third-order valence-corrected chi connectivity index (χ3v) is 14.9. The summed E-state index contributed by atoms with van der Waals surface area (Å²) in [7, 11) is 0. The minimum absolute atomic E-state index is 0.125. The van der Waals surface area contributed by atoms with Crippen molar-refractivity contribution >= 4 is 47.1 Å². The molecular formula is C51H59NO12S. The van der Waals surface area contributed by atoms with Crippen molar-refractivity contribution in [3.63, 3.8) is 0 Å². The number of amides is 1. The summed E-state index contributed by atoms with van der Waals surface area (Å²) >= 11 is 1.39. The number of esters is 3. The molecule has 14 heteroatoms. The predicted octanol–water partition coefficient (Wildman–Crippen LogP) is 7.02. The number of Topliss-reactive ketones (excluding diaryl/α,β-unsaturated/α-hetero) is 2. The number of rotatable bonds is 14. The van der Waals surface area contributed by atoms with Crippen molar-refractivity contribution in [1.82, 2.24) is 5.32 Å². The second-order valence-electron chi connectivity index (χ2n) is 18.7. The number of hydrogen-bond acceptors (Lipinski definition) is 13. The van der Waals surface area contributed by atoms with Crippen molar-refractivity contribution in [2.24, 2.45) is 28.6 Å². The zero-order valence-electron chi connectivity index (χ0n) is 38.2. The average Bonchev–Trinajstić information content (AvgIpc) is 3.27. The molecule has 1 aliphatic heterocycles. The molecule has 0 spiro atoms. The Hall–Kier alpha value is -5.15. The Bertz CT molecular complexity index is 2340. The third kappa shape index (κ3) is 8.47. The molecule has 11 atom stereocenters. The molecule has 4 aliphatic rings. The van der Waals surface area contributed by atoms with E-state index in [4.69, 9.17) is 23.7 Å². The summed E-state index contributed by atoms with van der Waals surface area (Å²) in [5.41, 5.74) is -4.88. The van der Waals surface area contributed by atoms with Gasteiger partial charge < -0.3 is 34.1 Å². The first-order valence-corrected chi connectivity index (χ1v) is 23.5. The van der Waals surface area contributed by atoms with Crippen molar-refractivity contribution in [2.45, 2.75) is 109 Å². The minimum Gasteiger partial charge on any atom is -0.457 e. The summed E-state index contributed by atoms with van der Waals surface area (Å²) in [6, 6.07) is 25.0. The first-order valence-electron chi connectivity index (χ1n) is 22.1. The molecule has 3 aromatic carbocycles. The standard InChI is InChI=1S/C51H59NO12S/c1-29(53)24-36-40-30(2)37(62-46(57)31(3)41(33-18-12-9-13-19-33)52-45(56)34-20-14-10-15-21-34)26-51(59,48(40,5)6)44(63-47(58)35-22-16-11-17-23-35)42-49(7,43(36)55)38(61-28-65-8)25-39-50(42,27-60-39)64-32(4)54/h9-23,31,36-39,41-42,44,59H,24-28H2,1-8H3,(H,52,56)/t31-,36-,37+,38+,39-,41-,42+,44+,49-,50+,51-/m1/s1. The van der Waals surface area contributed by atoms with Gasteiger partial charge in [0.1, 0.15) is 35.5 Å². The van der Waals surface area contributed by atoms with Gasteiger partial charge >= 0.3 is 17.9 Å². The molecule has 346 valence electrons. The molecule has 2 bridgehead atoms. The molecule has 0 aromatic heterocycles. The van der Waals surface area contributed by atoms with Crippen LogP contribution in [0, 0.1) is 28.6 Å². The predicted molar refractivity (Wildman–Crippen MR) is 241 cm³/mol. The zero-order chi connectivity index (χ0) is 47.1. The highest BCUT2D eigenvalue weighted by Gasteiger charge is 2.78. The van der Waals surface area contributed by atoms with Gasteiger partial charge in [0.15, 0.2) is 5.60 Å². The van der Waals surface area contributed by atoms with Crippen molar-refractivity contribution in [3.05, 3.63) is 119 Å². The molecule has 1 amide bonds. The lowest BCUT2D eigenvalue weighted by molar-refractivity contribution is -0.347. The van der Waals surface area contributed by atoms with Crippen molar-refractivity contribution < 1.29 is 57.6 Å². The van der Waals surface area contributed by atoms with Gasteiger partial charge in [-0.25, -0.2) is 4.79 Å². The van der Waals surface area contributed by atoms with Gasteiger partial charge in [0.05, 0.1) is 47.5 Å². The molecule has 3 aliphatic carbocycles. The maximum Gasteiger partial charge on any atom is 0.338 e. The van der Waals surface area contributed by atoms with Crippen LogP contribution in [0.15, 0.2) is 102 Å². The van der Waals surface area contributed by atoms with E-state index in [1.165, 1.54) is 25.6 Å². The summed E-state index contributed by atoms with van der Waals surface area (Å²) in [5, 5.41) is 17.0. The monoisotopic (exact) mass is 909 g/mol. The number of thioether (sulfide) groups is 1. The van der Waals surface area contributed by atoms with Gasteiger partial charge in [-0.15, -0.1) is 11.8 Å². The lowest BCUT2D eigenvalue weighted by Gasteiger charge is -2.68. The molecule has 65 heavy (non-hydrogen) atoms. The van der Waals surface area contributed by atoms with Crippen LogP contribution in [0.5, 0.6) is 0 Å². The second-order valence-corrected chi connectivity index (χ2v) is 19.5. The number of hydrogen-bond donors (Lipinski definition) is 2. The summed E-state index contributed by atoms with van der Waals surface area (Å²) in [6.45, 7) is 11.0. The first-order chi connectivity index (χ1) is 30.8. The average molecular weight is 910 g/mol. The van der Waals surface area contributed by atoms with Crippen LogP contribution in [-0.4, -0.2) is 94.9 Å². The molecule has 2 saturated carbocycles. The fourth-order valence-electron chi connectivity index (χ4n) is 11.2. The Morgan fingerprint density at radius 2 is 1.49 bits per heavy atom. The van der Waals surface area contributed by atoms with Gasteiger partial charge in [0, 0.05) is 43.1 Å². The van der Waals surface area contributed by atoms with Crippen LogP contribution >= 0.6 is 11.8 Å². The summed E-state index contributed by atoms with van der Waals surface area (Å²) in [5.74, 6) is -6.66. The van der Waals surface area contributed by atoms with Gasteiger partial charge in [-0.05, 0) is 74.9 Å². The van der Waals surface area contributed by atoms with Gasteiger partial charge in [-0.2, -0.15) is 0 Å². The molecule has 7 rings (SSSR count). The topological polar surface area (TPSA) is 181 Å². The maximum atomic E-state index is 16.1. The number of carbonyl (C=O) groups excluding carboxylic acids is 6. The van der Waals surface area contributed by atoms with Gasteiger partial charge in [0.2, 0.25) is 0 Å². The highest BCUT2D eigenvalue weighted by molar-refractivity contribution is 7.98. The largest absolute Gasteiger partial charge is 0.457 e. The van der Waals surface area contributed by atoms with E-state index in [0.717, 1.165) is 0 Å². The maximum absolute atomic E-state index is 16.1. The number of carbonyl (C=O) groups is 6.